The number of anilines is 2. The summed E-state index contributed by atoms with van der Waals surface area (Å²) in [5, 5.41) is 8.52. The van der Waals surface area contributed by atoms with Crippen LogP contribution in [0.2, 0.25) is 0 Å². The molecule has 1 fully saturated rings. The van der Waals surface area contributed by atoms with Crippen molar-refractivity contribution in [3.05, 3.63) is 52.6 Å². The molecule has 0 radical (unpaired) electrons. The van der Waals surface area contributed by atoms with Gasteiger partial charge in [0.2, 0.25) is 0 Å². The summed E-state index contributed by atoms with van der Waals surface area (Å²) in [6.45, 7) is 11.3. The number of ether oxygens (including phenoxy) is 1. The summed E-state index contributed by atoms with van der Waals surface area (Å²) in [7, 11) is 0. The zero-order chi connectivity index (χ0) is 22.2. The quantitative estimate of drug-likeness (QED) is 0.584. The van der Waals surface area contributed by atoms with Crippen LogP contribution in [0.5, 0.6) is 0 Å². The first-order valence-electron chi connectivity index (χ1n) is 10.6. The molecule has 3 aromatic rings. The summed E-state index contributed by atoms with van der Waals surface area (Å²) >= 11 is 6.05. The number of fused-ring (bicyclic) bond motifs is 1. The highest BCUT2D eigenvalue weighted by molar-refractivity contribution is 6.17. The smallest absolute Gasteiger partial charge is 0.177 e. The predicted octanol–water partition coefficient (Wildman–Crippen LogP) is 4.55. The molecule has 0 aliphatic carbocycles. The Kier molecular flexibility index (Phi) is 6.08. The second-order valence-corrected chi connectivity index (χ2v) is 9.23. The molecule has 1 saturated heterocycles. The van der Waals surface area contributed by atoms with Gasteiger partial charge >= 0.3 is 0 Å². The van der Waals surface area contributed by atoms with Crippen LogP contribution in [0.15, 0.2) is 24.3 Å². The Bertz CT molecular complexity index is 1090. The van der Waals surface area contributed by atoms with Crippen LogP contribution in [-0.4, -0.2) is 46.4 Å². The Hall–Kier alpha value is -2.38. The van der Waals surface area contributed by atoms with E-state index in [1.807, 2.05) is 17.5 Å². The van der Waals surface area contributed by atoms with E-state index in [-0.39, 0.29) is 17.2 Å². The van der Waals surface area contributed by atoms with Gasteiger partial charge in [-0.2, -0.15) is 0 Å². The van der Waals surface area contributed by atoms with Gasteiger partial charge in [0, 0.05) is 36.7 Å². The van der Waals surface area contributed by atoms with E-state index in [1.54, 1.807) is 6.07 Å². The van der Waals surface area contributed by atoms with Gasteiger partial charge in [-0.25, -0.2) is 13.9 Å². The third kappa shape index (κ3) is 4.62. The molecule has 3 heterocycles. The maximum absolute atomic E-state index is 14.3. The molecule has 0 bridgehead atoms. The molecule has 166 valence electrons. The number of morpholine rings is 1. The summed E-state index contributed by atoms with van der Waals surface area (Å²) in [6.07, 6.45) is 0.501. The number of benzene rings is 1. The van der Waals surface area contributed by atoms with Crippen molar-refractivity contribution in [2.75, 3.05) is 36.5 Å². The van der Waals surface area contributed by atoms with Gasteiger partial charge in [0.25, 0.3) is 0 Å². The largest absolute Gasteiger partial charge is 0.378 e. The number of aryl methyl sites for hydroxylation is 1. The molecule has 8 heteroatoms. The molecular weight excluding hydrogens is 417 g/mol. The van der Waals surface area contributed by atoms with Gasteiger partial charge in [0.05, 0.1) is 36.2 Å². The monoisotopic (exact) mass is 445 g/mol. The van der Waals surface area contributed by atoms with Gasteiger partial charge in [0.15, 0.2) is 11.5 Å². The first-order chi connectivity index (χ1) is 14.8. The van der Waals surface area contributed by atoms with Crippen molar-refractivity contribution in [2.45, 2.75) is 45.5 Å². The zero-order valence-electron chi connectivity index (χ0n) is 18.5. The van der Waals surface area contributed by atoms with Crippen molar-refractivity contribution in [1.29, 1.82) is 0 Å². The fraction of sp³-hybridized carbons (Fsp3) is 0.478. The van der Waals surface area contributed by atoms with Crippen LogP contribution in [0, 0.1) is 12.7 Å². The maximum atomic E-state index is 14.3. The summed E-state index contributed by atoms with van der Waals surface area (Å²) in [5.74, 6) is 0.718. The van der Waals surface area contributed by atoms with Crippen molar-refractivity contribution in [1.82, 2.24) is 14.6 Å². The van der Waals surface area contributed by atoms with E-state index in [1.165, 1.54) is 6.07 Å². The highest BCUT2D eigenvalue weighted by Crippen LogP contribution is 2.29. The highest BCUT2D eigenvalue weighted by Gasteiger charge is 2.22. The van der Waals surface area contributed by atoms with E-state index in [0.29, 0.717) is 25.2 Å². The normalized spacial score (nSPS) is 15.0. The molecule has 0 saturated carbocycles. The molecule has 31 heavy (non-hydrogen) atoms. The van der Waals surface area contributed by atoms with Crippen molar-refractivity contribution < 1.29 is 9.13 Å². The fourth-order valence-corrected chi connectivity index (χ4v) is 4.20. The van der Waals surface area contributed by atoms with E-state index in [9.17, 15) is 4.39 Å². The number of nitrogens with one attached hydrogen (secondary N) is 1. The number of hydrogen-bond donors (Lipinski definition) is 1. The lowest BCUT2D eigenvalue weighted by atomic mass is 10.0. The van der Waals surface area contributed by atoms with Crippen molar-refractivity contribution >= 4 is 28.8 Å². The topological polar surface area (TPSA) is 54.7 Å². The van der Waals surface area contributed by atoms with Crippen LogP contribution in [0.3, 0.4) is 0 Å². The third-order valence-electron chi connectivity index (χ3n) is 5.42. The highest BCUT2D eigenvalue weighted by atomic mass is 35.5. The van der Waals surface area contributed by atoms with Gasteiger partial charge in [-0.3, -0.25) is 0 Å². The van der Waals surface area contributed by atoms with Crippen LogP contribution < -0.4 is 10.2 Å². The molecule has 0 amide bonds. The van der Waals surface area contributed by atoms with E-state index < -0.39 is 0 Å². The number of hydrogen-bond acceptors (Lipinski definition) is 5. The van der Waals surface area contributed by atoms with Crippen LogP contribution in [0.4, 0.5) is 15.9 Å². The molecule has 6 nitrogen and oxygen atoms in total. The number of imidazole rings is 1. The lowest BCUT2D eigenvalue weighted by Crippen LogP contribution is -2.37. The van der Waals surface area contributed by atoms with Crippen molar-refractivity contribution in [2.24, 2.45) is 0 Å². The summed E-state index contributed by atoms with van der Waals surface area (Å²) in [6, 6.07) is 7.15. The second-order valence-electron chi connectivity index (χ2n) is 8.96. The minimum Gasteiger partial charge on any atom is -0.378 e. The lowest BCUT2D eigenvalue weighted by molar-refractivity contribution is 0.122. The van der Waals surface area contributed by atoms with Gasteiger partial charge in [-0.05, 0) is 39.3 Å². The van der Waals surface area contributed by atoms with E-state index in [2.05, 4.69) is 37.1 Å². The standard InChI is InChI=1S/C23H29ClFN5O/c1-15-20(12-16-6-5-7-18(25)17(16)14-24)30-22(26-15)19(27-23(2,3)4)13-21(28-30)29-8-10-31-11-9-29/h5-7,13,27H,8-12,14H2,1-4H3. The van der Waals surface area contributed by atoms with E-state index >= 15 is 0 Å². The first kappa shape index (κ1) is 21.8. The first-order valence-corrected chi connectivity index (χ1v) is 11.1. The number of nitrogens with zero attached hydrogens (tertiary/aromatic N) is 4. The Balaban J connectivity index is 1.85. The molecular formula is C23H29ClFN5O. The molecule has 1 aliphatic rings. The van der Waals surface area contributed by atoms with Gasteiger partial charge in [-0.15, -0.1) is 16.7 Å². The van der Waals surface area contributed by atoms with Gasteiger partial charge < -0.3 is 15.0 Å². The Morgan fingerprint density at radius 2 is 1.97 bits per heavy atom. The van der Waals surface area contributed by atoms with Gasteiger partial charge in [-0.1, -0.05) is 12.1 Å². The third-order valence-corrected chi connectivity index (χ3v) is 5.68. The number of alkyl halides is 1. The fourth-order valence-electron chi connectivity index (χ4n) is 3.90. The molecule has 1 aliphatic heterocycles. The second kappa shape index (κ2) is 8.63. The summed E-state index contributed by atoms with van der Waals surface area (Å²) in [4.78, 5) is 7.05. The van der Waals surface area contributed by atoms with Crippen LogP contribution in [-0.2, 0) is 17.0 Å². The van der Waals surface area contributed by atoms with E-state index in [0.717, 1.165) is 47.2 Å². The van der Waals surface area contributed by atoms with Gasteiger partial charge in [0.1, 0.15) is 5.82 Å². The minimum absolute atomic E-state index is 0.126. The Labute approximate surface area is 187 Å². The molecule has 2 aromatic heterocycles. The zero-order valence-corrected chi connectivity index (χ0v) is 19.3. The molecule has 0 spiro atoms. The lowest BCUT2D eigenvalue weighted by Gasteiger charge is -2.29. The number of rotatable bonds is 5. The predicted molar refractivity (Wildman–Crippen MR) is 123 cm³/mol. The Morgan fingerprint density at radius 1 is 1.23 bits per heavy atom. The van der Waals surface area contributed by atoms with Crippen molar-refractivity contribution in [3.8, 4) is 0 Å². The Morgan fingerprint density at radius 3 is 2.65 bits per heavy atom. The summed E-state index contributed by atoms with van der Waals surface area (Å²) < 4.78 is 21.7. The SMILES string of the molecule is Cc1nc2c(NC(C)(C)C)cc(N3CCOCC3)nn2c1Cc1cccc(F)c1CCl. The average Bonchev–Trinajstić information content (AvgIpc) is 3.03. The maximum Gasteiger partial charge on any atom is 0.177 e. The molecule has 1 aromatic carbocycles. The minimum atomic E-state index is -0.281. The van der Waals surface area contributed by atoms with E-state index in [4.69, 9.17) is 26.4 Å². The number of aromatic nitrogens is 3. The molecule has 0 unspecified atom stereocenters. The number of halogens is 2. The molecule has 4 rings (SSSR count). The van der Waals surface area contributed by atoms with Crippen LogP contribution in [0.25, 0.3) is 5.65 Å². The summed E-state index contributed by atoms with van der Waals surface area (Å²) in [5.41, 5.74) is 4.73. The molecule has 0 atom stereocenters. The van der Waals surface area contributed by atoms with Crippen LogP contribution >= 0.6 is 11.6 Å². The van der Waals surface area contributed by atoms with Crippen LogP contribution in [0.1, 0.15) is 43.3 Å². The van der Waals surface area contributed by atoms with Crippen molar-refractivity contribution in [3.63, 3.8) is 0 Å². The molecule has 1 N–H and O–H groups in total. The average molecular weight is 446 g/mol.